The summed E-state index contributed by atoms with van der Waals surface area (Å²) in [4.78, 5) is 21.2. The molecule has 0 spiro atoms. The molecule has 6 N–H and O–H groups in total. The third-order valence-corrected chi connectivity index (χ3v) is 4.17. The number of hydrogen-bond acceptors (Lipinski definition) is 4. The largest absolute Gasteiger partial charge is 0.478 e. The molecule has 3 aromatic carbocycles. The molecule has 0 radical (unpaired) electrons. The lowest BCUT2D eigenvalue weighted by molar-refractivity contribution is 0.0696. The van der Waals surface area contributed by atoms with E-state index < -0.39 is 11.9 Å². The predicted molar refractivity (Wildman–Crippen MR) is 116 cm³/mol. The van der Waals surface area contributed by atoms with Gasteiger partial charge in [0.05, 0.1) is 22.5 Å². The smallest absolute Gasteiger partial charge is 0.335 e. The molecule has 3 rings (SSSR count). The summed E-state index contributed by atoms with van der Waals surface area (Å²) >= 11 is 0. The maximum absolute atomic E-state index is 10.6. The molecule has 0 heterocycles. The minimum Gasteiger partial charge on any atom is -0.478 e. The normalized spacial score (nSPS) is 10.2. The van der Waals surface area contributed by atoms with Crippen molar-refractivity contribution in [3.05, 3.63) is 94.5 Å². The fraction of sp³-hybridized carbons (Fsp3) is 0.0435. The van der Waals surface area contributed by atoms with Crippen LogP contribution in [-0.4, -0.2) is 22.2 Å². The van der Waals surface area contributed by atoms with Crippen LogP contribution in [0.2, 0.25) is 0 Å². The molecule has 0 aromatic heterocycles. The van der Waals surface area contributed by atoms with Crippen LogP contribution in [0.4, 0.5) is 11.4 Å². The monoisotopic (exact) mass is 390 g/mol. The Morgan fingerprint density at radius 2 is 1.28 bits per heavy atom. The first kappa shape index (κ1) is 21.2. The number of carbonyl (C=O) groups is 2. The molecule has 0 unspecified atom stereocenters. The highest BCUT2D eigenvalue weighted by molar-refractivity contribution is 5.96. The molecule has 6 nitrogen and oxygen atoms in total. The number of benzene rings is 3. The molecule has 0 aliphatic rings. The van der Waals surface area contributed by atoms with E-state index in [1.807, 2.05) is 48.6 Å². The second-order valence-corrected chi connectivity index (χ2v) is 6.22. The van der Waals surface area contributed by atoms with Crippen LogP contribution in [0.3, 0.4) is 0 Å². The van der Waals surface area contributed by atoms with Crippen LogP contribution in [0.25, 0.3) is 12.2 Å². The number of carboxylic acid groups (broad SMARTS) is 2. The first-order valence-electron chi connectivity index (χ1n) is 8.74. The van der Waals surface area contributed by atoms with E-state index in [-0.39, 0.29) is 16.7 Å². The van der Waals surface area contributed by atoms with Crippen molar-refractivity contribution in [3.8, 4) is 0 Å². The van der Waals surface area contributed by atoms with Gasteiger partial charge in [0, 0.05) is 0 Å². The topological polar surface area (TPSA) is 127 Å². The minimum atomic E-state index is -1.11. The highest BCUT2D eigenvalue weighted by atomic mass is 16.4. The number of carboxylic acids is 2. The Morgan fingerprint density at radius 1 is 0.724 bits per heavy atom. The van der Waals surface area contributed by atoms with Crippen molar-refractivity contribution < 1.29 is 19.8 Å². The van der Waals surface area contributed by atoms with Gasteiger partial charge in [-0.1, -0.05) is 54.6 Å². The molecule has 0 aliphatic carbocycles. The van der Waals surface area contributed by atoms with Crippen LogP contribution in [0.5, 0.6) is 0 Å². The summed E-state index contributed by atoms with van der Waals surface area (Å²) in [7, 11) is 0. The Hall–Kier alpha value is -4.06. The van der Waals surface area contributed by atoms with Crippen molar-refractivity contribution >= 4 is 35.5 Å². The molecule has 0 amide bonds. The molecule has 0 saturated heterocycles. The summed E-state index contributed by atoms with van der Waals surface area (Å²) in [5, 5.41) is 17.4. The molecular formula is C23H22N2O4. The zero-order valence-corrected chi connectivity index (χ0v) is 15.9. The summed E-state index contributed by atoms with van der Waals surface area (Å²) in [5.74, 6) is -2.22. The lowest BCUT2D eigenvalue weighted by Crippen LogP contribution is -2.06. The van der Waals surface area contributed by atoms with Gasteiger partial charge in [-0.15, -0.1) is 0 Å². The zero-order valence-electron chi connectivity index (χ0n) is 15.9. The lowest BCUT2D eigenvalue weighted by atomic mass is 10.0. The third-order valence-electron chi connectivity index (χ3n) is 4.17. The quantitative estimate of drug-likeness (QED) is 0.386. The van der Waals surface area contributed by atoms with Gasteiger partial charge in [0.2, 0.25) is 0 Å². The van der Waals surface area contributed by atoms with Gasteiger partial charge < -0.3 is 21.7 Å². The number of nitrogens with two attached hydrogens (primary N) is 2. The summed E-state index contributed by atoms with van der Waals surface area (Å²) in [6.07, 6.45) is 4.07. The average Bonchev–Trinajstić information content (AvgIpc) is 2.70. The lowest BCUT2D eigenvalue weighted by Gasteiger charge is -2.03. The van der Waals surface area contributed by atoms with Gasteiger partial charge in [-0.2, -0.15) is 0 Å². The van der Waals surface area contributed by atoms with Crippen LogP contribution >= 0.6 is 0 Å². The van der Waals surface area contributed by atoms with Crippen LogP contribution in [0.1, 0.15) is 37.4 Å². The Bertz CT molecular complexity index is 1010. The Balaban J connectivity index is 0.000000212. The van der Waals surface area contributed by atoms with Crippen LogP contribution < -0.4 is 11.5 Å². The summed E-state index contributed by atoms with van der Waals surface area (Å²) in [6, 6.07) is 19.9. The van der Waals surface area contributed by atoms with Crippen molar-refractivity contribution in [2.75, 3.05) is 11.5 Å². The summed E-state index contributed by atoms with van der Waals surface area (Å²) in [5.41, 5.74) is 15.2. The van der Waals surface area contributed by atoms with Crippen LogP contribution in [-0.2, 0) is 0 Å². The highest BCUT2D eigenvalue weighted by Crippen LogP contribution is 2.18. The number of anilines is 2. The van der Waals surface area contributed by atoms with Gasteiger partial charge in [-0.05, 0) is 47.9 Å². The number of aromatic carboxylic acids is 2. The molecule has 0 fully saturated rings. The minimum absolute atomic E-state index is 0.0277. The van der Waals surface area contributed by atoms with Gasteiger partial charge in [0.15, 0.2) is 0 Å². The molecule has 3 aromatic rings. The van der Waals surface area contributed by atoms with E-state index in [4.69, 9.17) is 21.7 Å². The fourth-order valence-electron chi connectivity index (χ4n) is 2.55. The Kier molecular flexibility index (Phi) is 7.14. The Labute approximate surface area is 168 Å². The number of nitrogen functional groups attached to an aromatic ring is 2. The average molecular weight is 390 g/mol. The van der Waals surface area contributed by atoms with Crippen LogP contribution in [0, 0.1) is 6.92 Å². The summed E-state index contributed by atoms with van der Waals surface area (Å²) in [6.45, 7) is 1.48. The maximum Gasteiger partial charge on any atom is 0.335 e. The highest BCUT2D eigenvalue weighted by Gasteiger charge is 2.13. The molecular weight excluding hydrogens is 368 g/mol. The second kappa shape index (κ2) is 9.75. The molecule has 6 heteroatoms. The van der Waals surface area contributed by atoms with E-state index in [1.54, 1.807) is 0 Å². The first-order valence-corrected chi connectivity index (χ1v) is 8.74. The molecule has 0 bridgehead atoms. The third kappa shape index (κ3) is 5.97. The SMILES string of the molecule is Cc1c(C(=O)O)cccc1C(=O)O.Nc1ccc(C=Cc2ccccc2)cc1N. The van der Waals surface area contributed by atoms with Gasteiger partial charge in [0.25, 0.3) is 0 Å². The van der Waals surface area contributed by atoms with Crippen molar-refractivity contribution in [3.63, 3.8) is 0 Å². The van der Waals surface area contributed by atoms with E-state index in [0.717, 1.165) is 11.1 Å². The van der Waals surface area contributed by atoms with E-state index in [1.165, 1.54) is 25.1 Å². The number of rotatable bonds is 4. The molecule has 0 aliphatic heterocycles. The van der Waals surface area contributed by atoms with Crippen molar-refractivity contribution in [1.29, 1.82) is 0 Å². The molecule has 0 saturated carbocycles. The summed E-state index contributed by atoms with van der Waals surface area (Å²) < 4.78 is 0. The van der Waals surface area contributed by atoms with E-state index in [2.05, 4.69) is 12.1 Å². The van der Waals surface area contributed by atoms with Gasteiger partial charge in [0.1, 0.15) is 0 Å². The van der Waals surface area contributed by atoms with Gasteiger partial charge in [-0.25, -0.2) is 9.59 Å². The molecule has 29 heavy (non-hydrogen) atoms. The first-order chi connectivity index (χ1) is 13.8. The van der Waals surface area contributed by atoms with Crippen molar-refractivity contribution in [1.82, 2.24) is 0 Å². The Morgan fingerprint density at radius 3 is 1.79 bits per heavy atom. The van der Waals surface area contributed by atoms with Crippen molar-refractivity contribution in [2.24, 2.45) is 0 Å². The van der Waals surface area contributed by atoms with E-state index in [0.29, 0.717) is 11.4 Å². The van der Waals surface area contributed by atoms with Gasteiger partial charge >= 0.3 is 11.9 Å². The van der Waals surface area contributed by atoms with Crippen molar-refractivity contribution in [2.45, 2.75) is 6.92 Å². The molecule has 148 valence electrons. The molecule has 0 atom stereocenters. The predicted octanol–water partition coefficient (Wildman–Crippen LogP) is 4.41. The van der Waals surface area contributed by atoms with Crippen LogP contribution in [0.15, 0.2) is 66.7 Å². The maximum atomic E-state index is 10.6. The second-order valence-electron chi connectivity index (χ2n) is 6.22. The standard InChI is InChI=1S/C14H14N2.C9H8O4/c15-13-9-8-12(10-14(13)16)7-6-11-4-2-1-3-5-11;1-5-6(8(10)11)3-2-4-7(5)9(12)13/h1-10H,15-16H2;2-4H,1H3,(H,10,11)(H,12,13). The number of hydrogen-bond donors (Lipinski definition) is 4. The zero-order chi connectivity index (χ0) is 21.4. The van der Waals surface area contributed by atoms with E-state index >= 15 is 0 Å². The van der Waals surface area contributed by atoms with E-state index in [9.17, 15) is 9.59 Å². The van der Waals surface area contributed by atoms with Gasteiger partial charge in [-0.3, -0.25) is 0 Å². The fourth-order valence-corrected chi connectivity index (χ4v) is 2.55.